The Morgan fingerprint density at radius 3 is 2.10 bits per heavy atom. The van der Waals surface area contributed by atoms with Crippen molar-refractivity contribution in [3.63, 3.8) is 0 Å². The Labute approximate surface area is 119 Å². The lowest BCUT2D eigenvalue weighted by atomic mass is 10.0. The van der Waals surface area contributed by atoms with Gasteiger partial charge in [0.25, 0.3) is 6.43 Å². The molecule has 0 saturated carbocycles. The van der Waals surface area contributed by atoms with Crippen molar-refractivity contribution in [1.29, 1.82) is 0 Å². The van der Waals surface area contributed by atoms with Gasteiger partial charge in [-0.25, -0.2) is 17.2 Å². The second kappa shape index (κ2) is 5.88. The first-order chi connectivity index (χ1) is 9.38. The summed E-state index contributed by atoms with van der Waals surface area (Å²) in [6.07, 6.45) is -7.68. The quantitative estimate of drug-likeness (QED) is 0.859. The monoisotopic (exact) mass is 331 g/mol. The Bertz CT molecular complexity index is 625. The Balaban J connectivity index is 3.31. The molecule has 0 aliphatic heterocycles. The van der Waals surface area contributed by atoms with Crippen molar-refractivity contribution in [2.24, 2.45) is 0 Å². The molecule has 120 valence electrons. The van der Waals surface area contributed by atoms with Gasteiger partial charge >= 0.3 is 6.18 Å². The van der Waals surface area contributed by atoms with Gasteiger partial charge in [0.05, 0.1) is 4.90 Å². The summed E-state index contributed by atoms with van der Waals surface area (Å²) < 4.78 is 88.4. The van der Waals surface area contributed by atoms with Crippen molar-refractivity contribution in [1.82, 2.24) is 4.72 Å². The fourth-order valence-electron chi connectivity index (χ4n) is 1.83. The Morgan fingerprint density at radius 1 is 1.14 bits per heavy atom. The topological polar surface area (TPSA) is 46.2 Å². The first kappa shape index (κ1) is 17.8. The highest BCUT2D eigenvalue weighted by Gasteiger charge is 2.39. The molecule has 0 heterocycles. The van der Waals surface area contributed by atoms with E-state index in [0.717, 1.165) is 19.1 Å². The molecule has 0 unspecified atom stereocenters. The van der Waals surface area contributed by atoms with Gasteiger partial charge in [-0.3, -0.25) is 0 Å². The zero-order valence-electron chi connectivity index (χ0n) is 11.4. The third-order valence-electron chi connectivity index (χ3n) is 3.01. The van der Waals surface area contributed by atoms with E-state index >= 15 is 0 Å². The molecule has 0 bridgehead atoms. The number of halogens is 5. The van der Waals surface area contributed by atoms with Gasteiger partial charge in [-0.2, -0.15) is 17.9 Å². The van der Waals surface area contributed by atoms with Crippen LogP contribution in [0.5, 0.6) is 0 Å². The molecule has 0 saturated heterocycles. The molecule has 0 aromatic heterocycles. The number of benzene rings is 1. The summed E-state index contributed by atoms with van der Waals surface area (Å²) in [6, 6.07) is -0.165. The maximum Gasteiger partial charge on any atom is 0.404 e. The summed E-state index contributed by atoms with van der Waals surface area (Å²) >= 11 is 0. The van der Waals surface area contributed by atoms with Crippen LogP contribution < -0.4 is 4.72 Å². The Kier molecular flexibility index (Phi) is 4.99. The largest absolute Gasteiger partial charge is 0.404 e. The van der Waals surface area contributed by atoms with Crippen LogP contribution in [0.4, 0.5) is 22.0 Å². The summed E-state index contributed by atoms with van der Waals surface area (Å²) in [5, 5.41) is 0. The van der Waals surface area contributed by atoms with Gasteiger partial charge in [0.2, 0.25) is 10.0 Å². The van der Waals surface area contributed by atoms with E-state index in [-0.39, 0.29) is 11.1 Å². The normalized spacial score (nSPS) is 14.5. The molecule has 0 aliphatic carbocycles. The zero-order valence-corrected chi connectivity index (χ0v) is 12.2. The number of aryl methyl sites for hydroxylation is 1. The fourth-order valence-corrected chi connectivity index (χ4v) is 3.32. The van der Waals surface area contributed by atoms with E-state index in [1.54, 1.807) is 0 Å². The summed E-state index contributed by atoms with van der Waals surface area (Å²) in [7, 11) is -4.55. The first-order valence-electron chi connectivity index (χ1n) is 5.85. The molecule has 3 nitrogen and oxygen atoms in total. The van der Waals surface area contributed by atoms with E-state index in [9.17, 15) is 30.4 Å². The molecule has 0 spiro atoms. The molecule has 1 rings (SSSR count). The summed E-state index contributed by atoms with van der Waals surface area (Å²) in [4.78, 5) is -0.584. The van der Waals surface area contributed by atoms with Crippen molar-refractivity contribution in [3.05, 3.63) is 28.8 Å². The summed E-state index contributed by atoms with van der Waals surface area (Å²) in [5.41, 5.74) is -0.574. The number of rotatable bonds is 4. The van der Waals surface area contributed by atoms with Crippen LogP contribution in [-0.4, -0.2) is 20.6 Å². The second-order valence-corrected chi connectivity index (χ2v) is 6.29. The number of sulfonamides is 1. The predicted molar refractivity (Wildman–Crippen MR) is 66.7 cm³/mol. The van der Waals surface area contributed by atoms with Gasteiger partial charge in [-0.05, 0) is 38.0 Å². The lowest BCUT2D eigenvalue weighted by molar-refractivity contribution is -0.147. The average molecular weight is 331 g/mol. The molecule has 1 N–H and O–H groups in total. The van der Waals surface area contributed by atoms with E-state index in [2.05, 4.69) is 0 Å². The fraction of sp³-hybridized carbons (Fsp3) is 0.500. The van der Waals surface area contributed by atoms with Gasteiger partial charge in [-0.15, -0.1) is 0 Å². The van der Waals surface area contributed by atoms with Crippen LogP contribution in [0.3, 0.4) is 0 Å². The highest BCUT2D eigenvalue weighted by molar-refractivity contribution is 7.89. The first-order valence-corrected chi connectivity index (χ1v) is 7.33. The molecule has 21 heavy (non-hydrogen) atoms. The second-order valence-electron chi connectivity index (χ2n) is 4.60. The van der Waals surface area contributed by atoms with Crippen LogP contribution in [0.15, 0.2) is 17.0 Å². The van der Waals surface area contributed by atoms with Crippen LogP contribution in [0.25, 0.3) is 0 Å². The van der Waals surface area contributed by atoms with Crippen LogP contribution in [0, 0.1) is 13.8 Å². The molecule has 1 aromatic rings. The van der Waals surface area contributed by atoms with Crippen molar-refractivity contribution in [2.45, 2.75) is 44.3 Å². The molecule has 0 amide bonds. The molecule has 0 radical (unpaired) electrons. The van der Waals surface area contributed by atoms with E-state index in [1.165, 1.54) is 11.6 Å². The minimum Gasteiger partial charge on any atom is -0.207 e. The maximum atomic E-state index is 12.9. The van der Waals surface area contributed by atoms with E-state index in [1.807, 2.05) is 0 Å². The van der Waals surface area contributed by atoms with Crippen LogP contribution >= 0.6 is 0 Å². The Morgan fingerprint density at radius 2 is 1.67 bits per heavy atom. The van der Waals surface area contributed by atoms with Gasteiger partial charge < -0.3 is 0 Å². The summed E-state index contributed by atoms with van der Waals surface area (Å²) in [6.45, 7) is 3.15. The van der Waals surface area contributed by atoms with E-state index < -0.39 is 39.1 Å². The lowest BCUT2D eigenvalue weighted by Gasteiger charge is -2.19. The van der Waals surface area contributed by atoms with Gasteiger partial charge in [0.15, 0.2) is 0 Å². The third-order valence-corrected chi connectivity index (χ3v) is 4.70. The van der Waals surface area contributed by atoms with Crippen molar-refractivity contribution in [3.8, 4) is 0 Å². The smallest absolute Gasteiger partial charge is 0.207 e. The third kappa shape index (κ3) is 3.91. The SMILES string of the molecule is Cc1ccc(S(=O)(=O)N[C@@H](C)C(F)(F)F)c(C)c1C(F)F. The lowest BCUT2D eigenvalue weighted by Crippen LogP contribution is -2.43. The maximum absolute atomic E-state index is 12.9. The molecular weight excluding hydrogens is 317 g/mol. The number of nitrogens with one attached hydrogen (secondary N) is 1. The van der Waals surface area contributed by atoms with Crippen molar-refractivity contribution in [2.75, 3.05) is 0 Å². The molecule has 0 aliphatic rings. The molecule has 9 heteroatoms. The average Bonchev–Trinajstić information content (AvgIpc) is 2.25. The molecule has 1 aromatic carbocycles. The van der Waals surface area contributed by atoms with Crippen molar-refractivity contribution < 1.29 is 30.4 Å². The van der Waals surface area contributed by atoms with Gasteiger partial charge in [0.1, 0.15) is 6.04 Å². The highest BCUT2D eigenvalue weighted by Crippen LogP contribution is 2.31. The van der Waals surface area contributed by atoms with E-state index in [0.29, 0.717) is 6.92 Å². The molecule has 1 atom stereocenters. The van der Waals surface area contributed by atoms with Crippen LogP contribution in [-0.2, 0) is 10.0 Å². The number of hydrogen-bond acceptors (Lipinski definition) is 2. The van der Waals surface area contributed by atoms with Crippen LogP contribution in [0.1, 0.15) is 30.0 Å². The van der Waals surface area contributed by atoms with E-state index in [4.69, 9.17) is 0 Å². The van der Waals surface area contributed by atoms with Gasteiger partial charge in [-0.1, -0.05) is 6.07 Å². The van der Waals surface area contributed by atoms with Crippen LogP contribution in [0.2, 0.25) is 0 Å². The number of hydrogen-bond donors (Lipinski definition) is 1. The minimum absolute atomic E-state index is 0.172. The predicted octanol–water partition coefficient (Wildman–Crippen LogP) is 3.47. The Hall–Kier alpha value is -1.22. The van der Waals surface area contributed by atoms with Crippen molar-refractivity contribution >= 4 is 10.0 Å². The number of alkyl halides is 5. The zero-order chi connectivity index (χ0) is 16.6. The minimum atomic E-state index is -4.77. The highest BCUT2D eigenvalue weighted by atomic mass is 32.2. The summed E-state index contributed by atoms with van der Waals surface area (Å²) in [5.74, 6) is 0. The molecular formula is C12H14F5NO2S. The molecule has 0 fully saturated rings. The van der Waals surface area contributed by atoms with Gasteiger partial charge in [0, 0.05) is 5.56 Å². The standard InChI is InChI=1S/C12H14F5NO2S/c1-6-4-5-9(7(2)10(6)11(13)14)21(19,20)18-8(3)12(15,16)17/h4-5,8,11,18H,1-3H3/t8-/m0/s1.